The van der Waals surface area contributed by atoms with Gasteiger partial charge in [-0.2, -0.15) is 13.2 Å². The van der Waals surface area contributed by atoms with Crippen LogP contribution in [0.5, 0.6) is 5.75 Å². The largest absolute Gasteiger partial charge is 0.489 e. The van der Waals surface area contributed by atoms with Gasteiger partial charge in [-0.15, -0.1) is 0 Å². The Morgan fingerprint density at radius 2 is 1.73 bits per heavy atom. The highest BCUT2D eigenvalue weighted by Crippen LogP contribution is 2.51. The summed E-state index contributed by atoms with van der Waals surface area (Å²) in [4.78, 5) is 41.5. The fourth-order valence-corrected chi connectivity index (χ4v) is 5.39. The molecule has 1 aromatic heterocycles. The van der Waals surface area contributed by atoms with Crippen LogP contribution < -0.4 is 15.4 Å². The van der Waals surface area contributed by atoms with Crippen LogP contribution in [0.15, 0.2) is 60.8 Å². The van der Waals surface area contributed by atoms with Gasteiger partial charge in [0.2, 0.25) is 5.91 Å². The number of carbonyl (C=O) groups excluding carboxylic acids is 3. The molecule has 3 aromatic rings. The van der Waals surface area contributed by atoms with Gasteiger partial charge in [-0.25, -0.2) is 4.39 Å². The molecular formula is C32H31F4N3O5. The van der Waals surface area contributed by atoms with Gasteiger partial charge in [0.05, 0.1) is 20.0 Å². The maximum Gasteiger partial charge on any atom is 0.411 e. The van der Waals surface area contributed by atoms with Crippen LogP contribution in [0.1, 0.15) is 65.7 Å². The number of hydrogen-bond acceptors (Lipinski definition) is 6. The summed E-state index contributed by atoms with van der Waals surface area (Å²) in [7, 11) is 1.30. The first-order chi connectivity index (χ1) is 20.9. The lowest BCUT2D eigenvalue weighted by Crippen LogP contribution is -2.48. The van der Waals surface area contributed by atoms with Crippen molar-refractivity contribution in [2.75, 3.05) is 12.4 Å². The second kappa shape index (κ2) is 12.3. The Kier molecular flexibility index (Phi) is 8.62. The molecule has 0 bridgehead atoms. The van der Waals surface area contributed by atoms with E-state index in [0.717, 1.165) is 18.1 Å². The topological polar surface area (TPSA) is 107 Å². The summed E-state index contributed by atoms with van der Waals surface area (Å²) in [5.41, 5.74) is -1.67. The Morgan fingerprint density at radius 1 is 1.00 bits per heavy atom. The Hall–Kier alpha value is -4.48. The van der Waals surface area contributed by atoms with Gasteiger partial charge < -0.3 is 20.1 Å². The van der Waals surface area contributed by atoms with E-state index in [-0.39, 0.29) is 42.8 Å². The van der Waals surface area contributed by atoms with Crippen molar-refractivity contribution in [3.8, 4) is 5.75 Å². The molecule has 44 heavy (non-hydrogen) atoms. The number of carbonyl (C=O) groups is 3. The second-order valence-corrected chi connectivity index (χ2v) is 11.3. The van der Waals surface area contributed by atoms with Gasteiger partial charge in [0.15, 0.2) is 0 Å². The Labute approximate surface area is 251 Å². The van der Waals surface area contributed by atoms with Gasteiger partial charge in [-0.05, 0) is 55.5 Å². The van der Waals surface area contributed by atoms with E-state index in [0.29, 0.717) is 24.2 Å². The van der Waals surface area contributed by atoms with Crippen LogP contribution in [-0.4, -0.2) is 41.6 Å². The summed E-state index contributed by atoms with van der Waals surface area (Å²) >= 11 is 0. The third-order valence-electron chi connectivity index (χ3n) is 8.25. The van der Waals surface area contributed by atoms with Crippen molar-refractivity contribution in [2.24, 2.45) is 0 Å². The number of halogens is 4. The zero-order valence-electron chi connectivity index (χ0n) is 23.9. The van der Waals surface area contributed by atoms with Crippen molar-refractivity contribution < 1.29 is 41.4 Å². The minimum absolute atomic E-state index is 0.0368. The molecule has 0 radical (unpaired) electrons. The summed E-state index contributed by atoms with van der Waals surface area (Å²) in [6.45, 7) is 0.177. The lowest BCUT2D eigenvalue weighted by atomic mass is 9.62. The van der Waals surface area contributed by atoms with Crippen LogP contribution in [0.3, 0.4) is 0 Å². The molecule has 2 saturated carbocycles. The molecule has 2 N–H and O–H groups in total. The number of ether oxygens (including phenoxy) is 2. The number of pyridine rings is 1. The van der Waals surface area contributed by atoms with Gasteiger partial charge in [0.25, 0.3) is 5.91 Å². The molecule has 0 spiro atoms. The van der Waals surface area contributed by atoms with Crippen molar-refractivity contribution in [1.82, 2.24) is 10.3 Å². The van der Waals surface area contributed by atoms with Crippen molar-refractivity contribution >= 4 is 23.5 Å². The fourth-order valence-electron chi connectivity index (χ4n) is 5.39. The van der Waals surface area contributed by atoms with Crippen LogP contribution >= 0.6 is 0 Å². The molecule has 0 aliphatic heterocycles. The predicted molar refractivity (Wildman–Crippen MR) is 151 cm³/mol. The van der Waals surface area contributed by atoms with Gasteiger partial charge in [-0.1, -0.05) is 36.8 Å². The second-order valence-electron chi connectivity index (χ2n) is 11.3. The molecule has 5 rings (SSSR count). The number of benzene rings is 2. The standard InChI is InChI=1S/C32H31F4N3O5/c1-43-28(41)18-30(9-5-10-30)23-17-24(33)21(14-26(23)44-19-20-6-3-2-4-7-20)15-27(40)38-22-8-13-37-25(16-22)29(42)39-31(11-12-31)32(34,35)36/h2-4,6-8,13-14,16-17H,5,9-12,15,18-19H2,1H3,(H,39,42)(H,37,38,40). The maximum absolute atomic E-state index is 15.5. The zero-order valence-corrected chi connectivity index (χ0v) is 23.9. The number of anilines is 1. The van der Waals surface area contributed by atoms with Gasteiger partial charge in [0.1, 0.15) is 29.4 Å². The SMILES string of the molecule is COC(=O)CC1(c2cc(F)c(CC(=O)Nc3ccnc(C(=O)NC4(C(F)(F)F)CC4)c3)cc2OCc2ccccc2)CCC1. The first-order valence-electron chi connectivity index (χ1n) is 14.2. The number of hydrogen-bond donors (Lipinski definition) is 2. The van der Waals surface area contributed by atoms with Crippen LogP contribution in [-0.2, 0) is 32.8 Å². The third-order valence-corrected chi connectivity index (χ3v) is 8.25. The van der Waals surface area contributed by atoms with E-state index in [9.17, 15) is 27.6 Å². The van der Waals surface area contributed by atoms with E-state index in [2.05, 4.69) is 10.3 Å². The highest BCUT2D eigenvalue weighted by molar-refractivity contribution is 5.96. The number of nitrogens with one attached hydrogen (secondary N) is 2. The third kappa shape index (κ3) is 6.68. The number of alkyl halides is 3. The smallest absolute Gasteiger partial charge is 0.411 e. The van der Waals surface area contributed by atoms with Crippen LogP contribution in [0.4, 0.5) is 23.2 Å². The molecule has 12 heteroatoms. The number of methoxy groups -OCH3 is 1. The predicted octanol–water partition coefficient (Wildman–Crippen LogP) is 5.79. The quantitative estimate of drug-likeness (QED) is 0.210. The van der Waals surface area contributed by atoms with Gasteiger partial charge >= 0.3 is 12.1 Å². The van der Waals surface area contributed by atoms with Crippen LogP contribution in [0, 0.1) is 5.82 Å². The van der Waals surface area contributed by atoms with Crippen molar-refractivity contribution in [1.29, 1.82) is 0 Å². The molecule has 1 heterocycles. The zero-order chi connectivity index (χ0) is 31.5. The normalized spacial score (nSPS) is 16.3. The maximum atomic E-state index is 15.5. The molecule has 0 saturated heterocycles. The molecule has 2 aliphatic rings. The first kappa shape index (κ1) is 31.0. The molecule has 2 fully saturated rings. The lowest BCUT2D eigenvalue weighted by molar-refractivity contribution is -0.163. The van der Waals surface area contributed by atoms with E-state index >= 15 is 4.39 Å². The molecule has 0 unspecified atom stereocenters. The van der Waals surface area contributed by atoms with E-state index in [1.54, 1.807) is 0 Å². The first-order valence-corrected chi connectivity index (χ1v) is 14.2. The molecule has 2 aliphatic carbocycles. The van der Waals surface area contributed by atoms with Gasteiger partial charge in [-0.3, -0.25) is 19.4 Å². The van der Waals surface area contributed by atoms with Crippen molar-refractivity contribution in [2.45, 2.75) is 68.7 Å². The minimum atomic E-state index is -4.59. The van der Waals surface area contributed by atoms with Crippen LogP contribution in [0.2, 0.25) is 0 Å². The summed E-state index contributed by atoms with van der Waals surface area (Å²) in [5.74, 6) is -2.38. The average Bonchev–Trinajstić information content (AvgIpc) is 3.76. The summed E-state index contributed by atoms with van der Waals surface area (Å²) in [6, 6.07) is 14.6. The highest BCUT2D eigenvalue weighted by Gasteiger charge is 2.64. The number of nitrogens with zero attached hydrogens (tertiary/aromatic N) is 1. The minimum Gasteiger partial charge on any atom is -0.489 e. The molecular weight excluding hydrogens is 582 g/mol. The molecule has 232 valence electrons. The molecule has 2 amide bonds. The fraction of sp³-hybridized carbons (Fsp3) is 0.375. The molecule has 0 atom stereocenters. The highest BCUT2D eigenvalue weighted by atomic mass is 19.4. The number of aromatic nitrogens is 1. The average molecular weight is 614 g/mol. The molecule has 8 nitrogen and oxygen atoms in total. The summed E-state index contributed by atoms with van der Waals surface area (Å²) < 4.78 is 66.3. The number of rotatable bonds is 11. The molecule has 2 aromatic carbocycles. The van der Waals surface area contributed by atoms with Gasteiger partial charge in [0, 0.05) is 28.4 Å². The summed E-state index contributed by atoms with van der Waals surface area (Å²) in [6.07, 6.45) is -2.04. The number of amides is 2. The van der Waals surface area contributed by atoms with Crippen LogP contribution in [0.25, 0.3) is 0 Å². The van der Waals surface area contributed by atoms with E-state index in [4.69, 9.17) is 9.47 Å². The Morgan fingerprint density at radius 3 is 2.34 bits per heavy atom. The lowest BCUT2D eigenvalue weighted by Gasteiger charge is -2.42. The number of esters is 1. The van der Waals surface area contributed by atoms with E-state index in [1.165, 1.54) is 31.5 Å². The Bertz CT molecular complexity index is 1550. The Balaban J connectivity index is 1.34. The van der Waals surface area contributed by atoms with E-state index < -0.39 is 47.2 Å². The monoisotopic (exact) mass is 613 g/mol. The van der Waals surface area contributed by atoms with Crippen molar-refractivity contribution in [3.63, 3.8) is 0 Å². The summed E-state index contributed by atoms with van der Waals surface area (Å²) in [5, 5.41) is 4.54. The van der Waals surface area contributed by atoms with Crippen molar-refractivity contribution in [3.05, 3.63) is 89.0 Å². The van der Waals surface area contributed by atoms with E-state index in [1.807, 2.05) is 35.6 Å².